The summed E-state index contributed by atoms with van der Waals surface area (Å²) in [4.78, 5) is 17.7. The molecule has 2 aromatic rings. The second kappa shape index (κ2) is 10.9. The van der Waals surface area contributed by atoms with Crippen LogP contribution in [0.25, 0.3) is 0 Å². The zero-order chi connectivity index (χ0) is 25.0. The molecule has 2 fully saturated rings. The number of sulfonamides is 1. The van der Waals surface area contributed by atoms with E-state index in [2.05, 4.69) is 4.90 Å². The fraction of sp³-hybridized carbons (Fsp3) is 0.500. The average molecular weight is 502 g/mol. The topological polar surface area (TPSA) is 79.4 Å². The van der Waals surface area contributed by atoms with Crippen molar-refractivity contribution in [3.8, 4) is 11.5 Å². The van der Waals surface area contributed by atoms with Crippen LogP contribution in [0.5, 0.6) is 11.5 Å². The zero-order valence-corrected chi connectivity index (χ0v) is 21.6. The smallest absolute Gasteiger partial charge is 0.243 e. The van der Waals surface area contributed by atoms with Crippen LogP contribution in [0.4, 0.5) is 5.69 Å². The Balaban J connectivity index is 1.38. The number of piperidine rings is 1. The van der Waals surface area contributed by atoms with Crippen LogP contribution in [0.1, 0.15) is 25.3 Å². The molecule has 0 unspecified atom stereocenters. The molecule has 2 aromatic carbocycles. The van der Waals surface area contributed by atoms with Crippen molar-refractivity contribution in [2.45, 2.75) is 31.6 Å². The lowest BCUT2D eigenvalue weighted by Gasteiger charge is -2.39. The predicted molar refractivity (Wildman–Crippen MR) is 136 cm³/mol. The maximum Gasteiger partial charge on any atom is 0.243 e. The number of rotatable bonds is 7. The van der Waals surface area contributed by atoms with E-state index < -0.39 is 10.0 Å². The third-order valence-electron chi connectivity index (χ3n) is 6.85. The number of carbonyl (C=O) groups excluding carboxylic acids is 1. The van der Waals surface area contributed by atoms with Gasteiger partial charge in [-0.05, 0) is 74.7 Å². The number of piperazine rings is 1. The number of nitrogens with zero attached hydrogens (tertiary/aromatic N) is 3. The third kappa shape index (κ3) is 5.56. The van der Waals surface area contributed by atoms with Crippen LogP contribution >= 0.6 is 0 Å². The number of hydrogen-bond acceptors (Lipinski definition) is 6. The molecule has 0 bridgehead atoms. The minimum atomic E-state index is -3.68. The molecule has 2 heterocycles. The number of ether oxygens (including phenoxy) is 2. The molecule has 0 saturated carbocycles. The van der Waals surface area contributed by atoms with Gasteiger partial charge in [0.25, 0.3) is 0 Å². The number of amides is 1. The van der Waals surface area contributed by atoms with Gasteiger partial charge in [-0.15, -0.1) is 0 Å². The van der Waals surface area contributed by atoms with E-state index in [0.717, 1.165) is 30.1 Å². The van der Waals surface area contributed by atoms with Crippen LogP contribution in [0, 0.1) is 12.8 Å². The third-order valence-corrected chi connectivity index (χ3v) is 8.71. The minimum absolute atomic E-state index is 0.0576. The molecule has 2 aliphatic rings. The second-order valence-corrected chi connectivity index (χ2v) is 11.0. The summed E-state index contributed by atoms with van der Waals surface area (Å²) in [5.41, 5.74) is 1.89. The summed E-state index contributed by atoms with van der Waals surface area (Å²) in [5.74, 6) is 1.25. The highest BCUT2D eigenvalue weighted by Crippen LogP contribution is 2.29. The fourth-order valence-corrected chi connectivity index (χ4v) is 6.46. The first-order chi connectivity index (χ1) is 16.8. The van der Waals surface area contributed by atoms with E-state index in [1.807, 2.05) is 43.0 Å². The van der Waals surface area contributed by atoms with Crippen molar-refractivity contribution in [1.29, 1.82) is 0 Å². The predicted octanol–water partition coefficient (Wildman–Crippen LogP) is 3.15. The van der Waals surface area contributed by atoms with E-state index >= 15 is 0 Å². The zero-order valence-electron chi connectivity index (χ0n) is 20.8. The lowest BCUT2D eigenvalue weighted by molar-refractivity contribution is -0.137. The van der Waals surface area contributed by atoms with E-state index in [0.29, 0.717) is 44.8 Å². The summed E-state index contributed by atoms with van der Waals surface area (Å²) in [5, 5.41) is 0. The molecule has 35 heavy (non-hydrogen) atoms. The summed E-state index contributed by atoms with van der Waals surface area (Å²) < 4.78 is 38.9. The van der Waals surface area contributed by atoms with Crippen molar-refractivity contribution in [3.05, 3.63) is 48.0 Å². The fourth-order valence-electron chi connectivity index (χ4n) is 4.85. The summed E-state index contributed by atoms with van der Waals surface area (Å²) in [6.07, 6.45) is 1.39. The lowest BCUT2D eigenvalue weighted by atomic mass is 9.97. The molecule has 2 saturated heterocycles. The summed E-state index contributed by atoms with van der Waals surface area (Å²) in [7, 11) is -2.03. The minimum Gasteiger partial charge on any atom is -0.497 e. The van der Waals surface area contributed by atoms with Gasteiger partial charge in [0.2, 0.25) is 15.9 Å². The number of carbonyl (C=O) groups is 1. The molecule has 0 spiro atoms. The molecule has 1 atom stereocenters. The Labute approximate surface area is 208 Å². The van der Waals surface area contributed by atoms with Gasteiger partial charge in [0.05, 0.1) is 24.5 Å². The summed E-state index contributed by atoms with van der Waals surface area (Å²) >= 11 is 0. The Morgan fingerprint density at radius 1 is 1.03 bits per heavy atom. The molecule has 0 aliphatic carbocycles. The maximum atomic E-state index is 13.3. The van der Waals surface area contributed by atoms with E-state index in [9.17, 15) is 13.2 Å². The van der Waals surface area contributed by atoms with E-state index in [4.69, 9.17) is 9.47 Å². The van der Waals surface area contributed by atoms with Crippen molar-refractivity contribution in [2.24, 2.45) is 5.92 Å². The van der Waals surface area contributed by atoms with E-state index in [1.165, 1.54) is 4.31 Å². The molecule has 8 nitrogen and oxygen atoms in total. The Hall–Kier alpha value is -2.78. The maximum absolute atomic E-state index is 13.3. The van der Waals surface area contributed by atoms with Crippen LogP contribution in [0.15, 0.2) is 47.4 Å². The molecular formula is C26H35N3O5S. The van der Waals surface area contributed by atoms with Gasteiger partial charge in [-0.2, -0.15) is 4.31 Å². The molecule has 2 aliphatic heterocycles. The van der Waals surface area contributed by atoms with Gasteiger partial charge >= 0.3 is 0 Å². The highest BCUT2D eigenvalue weighted by atomic mass is 32.2. The molecule has 4 rings (SSSR count). The number of hydrogen-bond donors (Lipinski definition) is 0. The van der Waals surface area contributed by atoms with Crippen LogP contribution in [-0.4, -0.2) is 76.5 Å². The molecular weight excluding hydrogens is 466 g/mol. The van der Waals surface area contributed by atoms with E-state index in [1.54, 1.807) is 25.3 Å². The largest absolute Gasteiger partial charge is 0.497 e. The van der Waals surface area contributed by atoms with Gasteiger partial charge in [-0.25, -0.2) is 8.42 Å². The van der Waals surface area contributed by atoms with Crippen LogP contribution in [0.2, 0.25) is 0 Å². The first-order valence-corrected chi connectivity index (χ1v) is 13.7. The Bertz CT molecular complexity index is 1130. The molecule has 0 radical (unpaired) electrons. The number of methoxy groups -OCH3 is 1. The van der Waals surface area contributed by atoms with Crippen LogP contribution < -0.4 is 14.4 Å². The van der Waals surface area contributed by atoms with Crippen molar-refractivity contribution in [2.75, 3.05) is 57.9 Å². The highest BCUT2D eigenvalue weighted by molar-refractivity contribution is 7.89. The number of benzene rings is 2. The molecule has 1 amide bonds. The number of anilines is 1. The normalized spacial score (nSPS) is 19.5. The summed E-state index contributed by atoms with van der Waals surface area (Å²) in [6, 6.07) is 12.9. The molecule has 0 N–H and O–H groups in total. The van der Waals surface area contributed by atoms with Crippen molar-refractivity contribution >= 4 is 21.6 Å². The van der Waals surface area contributed by atoms with Gasteiger partial charge in [0, 0.05) is 45.0 Å². The van der Waals surface area contributed by atoms with Gasteiger partial charge in [0.15, 0.2) is 0 Å². The first-order valence-electron chi connectivity index (χ1n) is 12.2. The monoisotopic (exact) mass is 501 g/mol. The van der Waals surface area contributed by atoms with Crippen LogP contribution in [-0.2, 0) is 14.8 Å². The standard InChI is InChI=1S/C26H35N3O5S/c1-4-34-25-12-11-24(18-20(25)2)35(31,32)29-13-5-6-21(19-29)26(30)28-16-14-27(15-17-28)22-7-9-23(33-3)10-8-22/h7-12,18,21H,4-6,13-17,19H2,1-3H3/t21-/m1/s1. The van der Waals surface area contributed by atoms with Gasteiger partial charge in [-0.1, -0.05) is 0 Å². The first kappa shape index (κ1) is 25.3. The summed E-state index contributed by atoms with van der Waals surface area (Å²) in [6.45, 7) is 7.69. The Morgan fingerprint density at radius 3 is 2.37 bits per heavy atom. The molecule has 0 aromatic heterocycles. The Morgan fingerprint density at radius 2 is 1.74 bits per heavy atom. The van der Waals surface area contributed by atoms with Crippen LogP contribution in [0.3, 0.4) is 0 Å². The lowest BCUT2D eigenvalue weighted by Crippen LogP contribution is -2.53. The van der Waals surface area contributed by atoms with Gasteiger partial charge in [0.1, 0.15) is 11.5 Å². The Kier molecular flexibility index (Phi) is 7.86. The number of aryl methyl sites for hydroxylation is 1. The average Bonchev–Trinajstić information content (AvgIpc) is 2.89. The highest BCUT2D eigenvalue weighted by Gasteiger charge is 2.36. The quantitative estimate of drug-likeness (QED) is 0.580. The second-order valence-electron chi connectivity index (χ2n) is 9.07. The molecule has 9 heteroatoms. The van der Waals surface area contributed by atoms with Crippen molar-refractivity contribution in [3.63, 3.8) is 0 Å². The van der Waals surface area contributed by atoms with Crippen molar-refractivity contribution < 1.29 is 22.7 Å². The van der Waals surface area contributed by atoms with Gasteiger partial charge in [-0.3, -0.25) is 4.79 Å². The SMILES string of the molecule is CCOc1ccc(S(=O)(=O)N2CCC[C@@H](C(=O)N3CCN(c4ccc(OC)cc4)CC3)C2)cc1C. The van der Waals surface area contributed by atoms with E-state index in [-0.39, 0.29) is 23.3 Å². The van der Waals surface area contributed by atoms with Crippen molar-refractivity contribution in [1.82, 2.24) is 9.21 Å². The van der Waals surface area contributed by atoms with Gasteiger partial charge < -0.3 is 19.3 Å². The molecule has 190 valence electrons.